The van der Waals surface area contributed by atoms with Gasteiger partial charge in [0.1, 0.15) is 0 Å². The van der Waals surface area contributed by atoms with E-state index in [1.165, 1.54) is 20.8 Å². The average molecular weight is 344 g/mol. The molecule has 24 heavy (non-hydrogen) atoms. The maximum Gasteiger partial charge on any atom is 0.335 e. The number of esters is 4. The van der Waals surface area contributed by atoms with Crippen LogP contribution in [0.3, 0.4) is 0 Å². The quantitative estimate of drug-likeness (QED) is 0.252. The molecule has 0 radical (unpaired) electrons. The van der Waals surface area contributed by atoms with E-state index >= 15 is 0 Å². The molecule has 0 rings (SSSR count). The van der Waals surface area contributed by atoms with Crippen LogP contribution in [0.4, 0.5) is 0 Å². The van der Waals surface area contributed by atoms with Crippen LogP contribution in [0.15, 0.2) is 12.2 Å². The highest BCUT2D eigenvalue weighted by atomic mass is 16.6. The van der Waals surface area contributed by atoms with Gasteiger partial charge < -0.3 is 18.9 Å². The minimum Gasteiger partial charge on any atom is -0.465 e. The standard InChI is InChI=1S/C16H24O8/c1-6-21-12(17)11(5)10-16(13(18)22-7-2,14(19)23-8-3)15(20)24-9-4/h5-10H2,1-4H3. The van der Waals surface area contributed by atoms with Crippen LogP contribution in [0, 0.1) is 5.41 Å². The van der Waals surface area contributed by atoms with Crippen molar-refractivity contribution in [3.8, 4) is 0 Å². The predicted octanol–water partition coefficient (Wildman–Crippen LogP) is 1.17. The molecule has 0 unspecified atom stereocenters. The fourth-order valence-corrected chi connectivity index (χ4v) is 1.85. The van der Waals surface area contributed by atoms with Crippen molar-refractivity contribution in [3.05, 3.63) is 12.2 Å². The molecule has 0 bridgehead atoms. The first-order valence-corrected chi connectivity index (χ1v) is 7.68. The molecule has 0 aromatic rings. The van der Waals surface area contributed by atoms with Crippen molar-refractivity contribution >= 4 is 23.9 Å². The molecule has 0 aliphatic heterocycles. The van der Waals surface area contributed by atoms with Crippen LogP contribution in [0.25, 0.3) is 0 Å². The molecule has 0 aliphatic carbocycles. The summed E-state index contributed by atoms with van der Waals surface area (Å²) in [4.78, 5) is 49.0. The first-order chi connectivity index (χ1) is 11.3. The summed E-state index contributed by atoms with van der Waals surface area (Å²) in [5.74, 6) is -4.31. The minimum absolute atomic E-state index is 0.0725. The van der Waals surface area contributed by atoms with E-state index < -0.39 is 35.7 Å². The zero-order chi connectivity index (χ0) is 18.8. The van der Waals surface area contributed by atoms with Gasteiger partial charge in [-0.05, 0) is 27.7 Å². The van der Waals surface area contributed by atoms with E-state index in [-0.39, 0.29) is 32.0 Å². The molecule has 0 N–H and O–H groups in total. The fraction of sp³-hybridized carbons (Fsp3) is 0.625. The monoisotopic (exact) mass is 344 g/mol. The van der Waals surface area contributed by atoms with E-state index in [1.807, 2.05) is 0 Å². The smallest absolute Gasteiger partial charge is 0.335 e. The maximum absolute atomic E-state index is 12.4. The lowest BCUT2D eigenvalue weighted by Crippen LogP contribution is -2.50. The highest BCUT2D eigenvalue weighted by molar-refractivity contribution is 6.18. The second-order valence-electron chi connectivity index (χ2n) is 4.57. The highest BCUT2D eigenvalue weighted by Crippen LogP contribution is 2.32. The molecule has 0 aromatic carbocycles. The van der Waals surface area contributed by atoms with Gasteiger partial charge in [0.25, 0.3) is 5.41 Å². The van der Waals surface area contributed by atoms with Gasteiger partial charge in [-0.2, -0.15) is 0 Å². The van der Waals surface area contributed by atoms with E-state index in [1.54, 1.807) is 6.92 Å². The van der Waals surface area contributed by atoms with E-state index in [4.69, 9.17) is 18.9 Å². The van der Waals surface area contributed by atoms with E-state index in [2.05, 4.69) is 6.58 Å². The number of rotatable bonds is 10. The Bertz CT molecular complexity index is 449. The molecule has 8 heteroatoms. The molecule has 0 atom stereocenters. The van der Waals surface area contributed by atoms with Gasteiger partial charge in [-0.15, -0.1) is 0 Å². The van der Waals surface area contributed by atoms with Crippen LogP contribution in [0.5, 0.6) is 0 Å². The van der Waals surface area contributed by atoms with Gasteiger partial charge in [0, 0.05) is 12.0 Å². The molecule has 0 aromatic heterocycles. The summed E-state index contributed by atoms with van der Waals surface area (Å²) in [6, 6.07) is 0. The van der Waals surface area contributed by atoms with Crippen molar-refractivity contribution in [3.63, 3.8) is 0 Å². The van der Waals surface area contributed by atoms with Crippen LogP contribution in [-0.2, 0) is 38.1 Å². The Morgan fingerprint density at radius 2 is 1.04 bits per heavy atom. The van der Waals surface area contributed by atoms with Gasteiger partial charge in [0.15, 0.2) is 0 Å². The molecule has 8 nitrogen and oxygen atoms in total. The van der Waals surface area contributed by atoms with Crippen LogP contribution in [-0.4, -0.2) is 50.3 Å². The Kier molecular flexibility index (Phi) is 9.37. The first-order valence-electron chi connectivity index (χ1n) is 7.68. The van der Waals surface area contributed by atoms with Gasteiger partial charge in [-0.1, -0.05) is 6.58 Å². The summed E-state index contributed by atoms with van der Waals surface area (Å²) in [6.45, 7) is 9.45. The third-order valence-electron chi connectivity index (χ3n) is 2.91. The van der Waals surface area contributed by atoms with Crippen molar-refractivity contribution in [2.75, 3.05) is 26.4 Å². The molecule has 0 amide bonds. The second kappa shape index (κ2) is 10.4. The van der Waals surface area contributed by atoms with Crippen LogP contribution in [0.1, 0.15) is 34.1 Å². The Hall–Kier alpha value is -2.38. The fourth-order valence-electron chi connectivity index (χ4n) is 1.85. The zero-order valence-corrected chi connectivity index (χ0v) is 14.5. The van der Waals surface area contributed by atoms with E-state index in [0.717, 1.165) is 0 Å². The number of ether oxygens (including phenoxy) is 4. The molecular formula is C16H24O8. The molecule has 0 aliphatic rings. The molecule has 0 heterocycles. The third kappa shape index (κ3) is 5.07. The van der Waals surface area contributed by atoms with Crippen molar-refractivity contribution in [1.82, 2.24) is 0 Å². The highest BCUT2D eigenvalue weighted by Gasteiger charge is 2.58. The normalized spacial score (nSPS) is 10.5. The van der Waals surface area contributed by atoms with Gasteiger partial charge in [-0.25, -0.2) is 4.79 Å². The van der Waals surface area contributed by atoms with Crippen molar-refractivity contribution in [2.45, 2.75) is 34.1 Å². The Morgan fingerprint density at radius 1 is 0.708 bits per heavy atom. The summed E-state index contributed by atoms with van der Waals surface area (Å²) in [5, 5.41) is 0. The number of carbonyl (C=O) groups excluding carboxylic acids is 4. The molecule has 0 spiro atoms. The summed E-state index contributed by atoms with van der Waals surface area (Å²) in [5.41, 5.74) is -2.70. The van der Waals surface area contributed by atoms with Crippen molar-refractivity contribution < 1.29 is 38.1 Å². The molecule has 136 valence electrons. The minimum atomic E-state index is -2.45. The third-order valence-corrected chi connectivity index (χ3v) is 2.91. The average Bonchev–Trinajstić information content (AvgIpc) is 2.52. The zero-order valence-electron chi connectivity index (χ0n) is 14.5. The van der Waals surface area contributed by atoms with Gasteiger partial charge in [0.2, 0.25) is 0 Å². The predicted molar refractivity (Wildman–Crippen MR) is 82.7 cm³/mol. The van der Waals surface area contributed by atoms with Crippen molar-refractivity contribution in [1.29, 1.82) is 0 Å². The lowest BCUT2D eigenvalue weighted by molar-refractivity contribution is -0.183. The summed E-state index contributed by atoms with van der Waals surface area (Å²) in [7, 11) is 0. The molecule has 0 saturated carbocycles. The van der Waals surface area contributed by atoms with Crippen LogP contribution in [0.2, 0.25) is 0 Å². The second-order valence-corrected chi connectivity index (χ2v) is 4.57. The molecular weight excluding hydrogens is 320 g/mol. The lowest BCUT2D eigenvalue weighted by Gasteiger charge is -2.27. The topological polar surface area (TPSA) is 105 Å². The van der Waals surface area contributed by atoms with Gasteiger partial charge in [-0.3, -0.25) is 14.4 Å². The summed E-state index contributed by atoms with van der Waals surface area (Å²) in [6.07, 6.45) is -0.650. The summed E-state index contributed by atoms with van der Waals surface area (Å²) < 4.78 is 19.3. The lowest BCUT2D eigenvalue weighted by atomic mass is 9.81. The Morgan fingerprint density at radius 3 is 1.33 bits per heavy atom. The molecule has 0 fully saturated rings. The van der Waals surface area contributed by atoms with Crippen molar-refractivity contribution in [2.24, 2.45) is 5.41 Å². The summed E-state index contributed by atoms with van der Waals surface area (Å²) >= 11 is 0. The van der Waals surface area contributed by atoms with Gasteiger partial charge >= 0.3 is 23.9 Å². The number of carbonyl (C=O) groups is 4. The number of hydrogen-bond acceptors (Lipinski definition) is 8. The molecule has 0 saturated heterocycles. The first kappa shape index (κ1) is 21.6. The van der Waals surface area contributed by atoms with Crippen LogP contribution >= 0.6 is 0 Å². The Balaban J connectivity index is 5.92. The van der Waals surface area contributed by atoms with Crippen LogP contribution < -0.4 is 0 Å². The van der Waals surface area contributed by atoms with E-state index in [9.17, 15) is 19.2 Å². The van der Waals surface area contributed by atoms with Gasteiger partial charge in [0.05, 0.1) is 26.4 Å². The SMILES string of the molecule is C=C(CC(C(=O)OCC)(C(=O)OCC)C(=O)OCC)C(=O)OCC. The Labute approximate surface area is 141 Å². The largest absolute Gasteiger partial charge is 0.465 e. The van der Waals surface area contributed by atoms with E-state index in [0.29, 0.717) is 0 Å². The maximum atomic E-state index is 12.4. The number of hydrogen-bond donors (Lipinski definition) is 0.